The molecular formula is C47H56F2N8O7. The second kappa shape index (κ2) is 20.2. The van der Waals surface area contributed by atoms with E-state index in [0.29, 0.717) is 86.2 Å². The number of nitro benzene ring substituents is 2. The lowest BCUT2D eigenvalue weighted by molar-refractivity contribution is -0.385. The predicted octanol–water partition coefficient (Wildman–Crippen LogP) is 7.87. The largest absolute Gasteiger partial charge is 0.371 e. The minimum absolute atomic E-state index is 0.168. The number of anilines is 4. The van der Waals surface area contributed by atoms with Gasteiger partial charge in [-0.25, -0.2) is 8.78 Å². The van der Waals surface area contributed by atoms with Crippen LogP contribution in [0.2, 0.25) is 0 Å². The van der Waals surface area contributed by atoms with Gasteiger partial charge in [0, 0.05) is 115 Å². The maximum Gasteiger partial charge on any atom is 0.270 e. The van der Waals surface area contributed by atoms with Gasteiger partial charge in [-0.3, -0.25) is 34.6 Å². The highest BCUT2D eigenvalue weighted by molar-refractivity contribution is 6.01. The monoisotopic (exact) mass is 882 g/mol. The Bertz CT molecular complexity index is 2230. The van der Waals surface area contributed by atoms with Crippen molar-refractivity contribution >= 4 is 51.7 Å². The molecule has 340 valence electrons. The average Bonchev–Trinajstić information content (AvgIpc) is 3.31. The Hall–Kier alpha value is -6.65. The van der Waals surface area contributed by atoms with Crippen LogP contribution >= 0.6 is 0 Å². The van der Waals surface area contributed by atoms with Crippen LogP contribution in [-0.4, -0.2) is 116 Å². The quantitative estimate of drug-likeness (QED) is 0.0797. The number of Topliss-reactive ketones (excluding diaryl/α,β-unsaturated/α-hetero) is 1. The van der Waals surface area contributed by atoms with Gasteiger partial charge in [-0.2, -0.15) is 0 Å². The van der Waals surface area contributed by atoms with E-state index in [0.717, 1.165) is 0 Å². The summed E-state index contributed by atoms with van der Waals surface area (Å²) in [6.45, 7) is 16.1. The second-order valence-corrected chi connectivity index (χ2v) is 16.1. The SMILES string of the molecule is CCN(CC)c1ccc([N+](=O)[O-])cc1C(=O)N1CCN(c2ccc(C(C)C(=O)C(C)c3ccc(N4CCN(C(=O)c5cc([N+](=O)[O-])ccc5N(CC)CC)CC4)c(F)c3)cc2F)CC1. The maximum absolute atomic E-state index is 15.8. The summed E-state index contributed by atoms with van der Waals surface area (Å²) in [5.74, 6) is -3.30. The Morgan fingerprint density at radius 1 is 0.562 bits per heavy atom. The van der Waals surface area contributed by atoms with Crippen LogP contribution < -0.4 is 19.6 Å². The minimum atomic E-state index is -0.704. The van der Waals surface area contributed by atoms with Crippen LogP contribution in [-0.2, 0) is 4.79 Å². The van der Waals surface area contributed by atoms with Crippen molar-refractivity contribution in [2.24, 2.45) is 0 Å². The molecule has 2 atom stereocenters. The molecule has 0 bridgehead atoms. The Labute approximate surface area is 372 Å². The van der Waals surface area contributed by atoms with Crippen LogP contribution in [0.3, 0.4) is 0 Å². The number of amides is 2. The van der Waals surface area contributed by atoms with E-state index in [-0.39, 0.29) is 66.3 Å². The zero-order valence-corrected chi connectivity index (χ0v) is 37.3. The third kappa shape index (κ3) is 9.77. The first-order chi connectivity index (χ1) is 30.6. The zero-order valence-electron chi connectivity index (χ0n) is 37.3. The molecular weight excluding hydrogens is 827 g/mol. The molecule has 2 aliphatic heterocycles. The molecule has 0 saturated carbocycles. The molecule has 17 heteroatoms. The fraction of sp³-hybridized carbons (Fsp3) is 0.426. The number of hydrogen-bond acceptors (Lipinski definition) is 11. The molecule has 2 amide bonds. The maximum atomic E-state index is 15.8. The topological polar surface area (TPSA) is 157 Å². The Morgan fingerprint density at radius 3 is 1.20 bits per heavy atom. The number of halogens is 2. The lowest BCUT2D eigenvalue weighted by Gasteiger charge is -2.37. The summed E-state index contributed by atoms with van der Waals surface area (Å²) in [4.78, 5) is 74.1. The lowest BCUT2D eigenvalue weighted by atomic mass is 9.85. The number of ketones is 1. The molecule has 4 aromatic carbocycles. The van der Waals surface area contributed by atoms with E-state index < -0.39 is 33.3 Å². The summed E-state index contributed by atoms with van der Waals surface area (Å²) in [5, 5.41) is 23.1. The van der Waals surface area contributed by atoms with Crippen molar-refractivity contribution in [1.29, 1.82) is 0 Å². The number of rotatable bonds is 16. The first kappa shape index (κ1) is 46.8. The number of nitro groups is 2. The molecule has 2 unspecified atom stereocenters. The standard InChI is InChI=1S/C47H56F2N8O7/c1-7-50(8-2)41-17-13-35(56(61)62)29-37(41)46(59)54-23-19-52(20-24-54)43-15-11-33(27-39(43)48)31(5)45(58)32(6)34-12-16-44(40(49)28-34)53-21-25-55(26-22-53)47(60)38-30-36(57(63)64)14-18-42(38)51(9-3)10-4/h11-18,27-32H,7-10,19-26H2,1-6H3. The molecule has 15 nitrogen and oxygen atoms in total. The molecule has 0 radical (unpaired) electrons. The van der Waals surface area contributed by atoms with E-state index in [4.69, 9.17) is 0 Å². The van der Waals surface area contributed by atoms with Crippen LogP contribution in [0.15, 0.2) is 72.8 Å². The number of hydrogen-bond donors (Lipinski definition) is 0. The second-order valence-electron chi connectivity index (χ2n) is 16.1. The Morgan fingerprint density at radius 2 is 0.906 bits per heavy atom. The minimum Gasteiger partial charge on any atom is -0.371 e. The summed E-state index contributed by atoms with van der Waals surface area (Å²) in [5.41, 5.74) is 3.03. The van der Waals surface area contributed by atoms with Crippen molar-refractivity contribution in [2.75, 3.05) is 98.1 Å². The number of nitrogens with zero attached hydrogens (tertiary/aromatic N) is 8. The first-order valence-electron chi connectivity index (χ1n) is 21.9. The van der Waals surface area contributed by atoms with Crippen molar-refractivity contribution in [3.8, 4) is 0 Å². The molecule has 0 aliphatic carbocycles. The fourth-order valence-corrected chi connectivity index (χ4v) is 8.74. The van der Waals surface area contributed by atoms with Crippen LogP contribution in [0, 0.1) is 31.9 Å². The summed E-state index contributed by atoms with van der Waals surface area (Å²) in [7, 11) is 0. The summed E-state index contributed by atoms with van der Waals surface area (Å²) >= 11 is 0. The van der Waals surface area contributed by atoms with Gasteiger partial charge in [-0.05, 0) is 75.2 Å². The molecule has 2 fully saturated rings. The van der Waals surface area contributed by atoms with Gasteiger partial charge in [0.15, 0.2) is 0 Å². The number of carbonyl (C=O) groups excluding carboxylic acids is 3. The molecule has 2 aliphatic rings. The third-order valence-corrected chi connectivity index (χ3v) is 12.7. The number of benzene rings is 4. The van der Waals surface area contributed by atoms with Gasteiger partial charge in [0.25, 0.3) is 23.2 Å². The van der Waals surface area contributed by atoms with Gasteiger partial charge in [-0.15, -0.1) is 0 Å². The highest BCUT2D eigenvalue weighted by atomic mass is 19.1. The first-order valence-corrected chi connectivity index (χ1v) is 21.9. The van der Waals surface area contributed by atoms with Crippen LogP contribution in [0.4, 0.5) is 42.9 Å². The number of carbonyl (C=O) groups is 3. The zero-order chi connectivity index (χ0) is 46.4. The van der Waals surface area contributed by atoms with Gasteiger partial charge < -0.3 is 29.4 Å². The van der Waals surface area contributed by atoms with Crippen molar-refractivity contribution in [3.05, 3.63) is 127 Å². The Kier molecular flexibility index (Phi) is 14.8. The highest BCUT2D eigenvalue weighted by Gasteiger charge is 2.31. The van der Waals surface area contributed by atoms with Crippen molar-refractivity contribution in [1.82, 2.24) is 9.80 Å². The van der Waals surface area contributed by atoms with Crippen molar-refractivity contribution < 1.29 is 33.0 Å². The predicted molar refractivity (Wildman–Crippen MR) is 244 cm³/mol. The van der Waals surface area contributed by atoms with Gasteiger partial charge >= 0.3 is 0 Å². The molecule has 0 N–H and O–H groups in total. The van der Waals surface area contributed by atoms with Gasteiger partial charge in [0.05, 0.1) is 43.7 Å². The van der Waals surface area contributed by atoms with E-state index in [2.05, 4.69) is 0 Å². The van der Waals surface area contributed by atoms with E-state index >= 15 is 8.78 Å². The lowest BCUT2D eigenvalue weighted by Crippen LogP contribution is -2.49. The molecule has 0 aromatic heterocycles. The fourth-order valence-electron chi connectivity index (χ4n) is 8.74. The van der Waals surface area contributed by atoms with Crippen LogP contribution in [0.1, 0.15) is 85.2 Å². The summed E-state index contributed by atoms with van der Waals surface area (Å²) in [6.07, 6.45) is 0. The number of non-ortho nitro benzene ring substituents is 2. The van der Waals surface area contributed by atoms with E-state index in [1.165, 1.54) is 36.4 Å². The number of piperazine rings is 2. The highest BCUT2D eigenvalue weighted by Crippen LogP contribution is 2.34. The third-order valence-electron chi connectivity index (χ3n) is 12.7. The van der Waals surface area contributed by atoms with Gasteiger partial charge in [-0.1, -0.05) is 26.0 Å². The van der Waals surface area contributed by atoms with E-state index in [1.54, 1.807) is 60.0 Å². The van der Waals surface area contributed by atoms with Crippen LogP contribution in [0.5, 0.6) is 0 Å². The summed E-state index contributed by atoms with van der Waals surface area (Å²) in [6, 6.07) is 18.0. The van der Waals surface area contributed by atoms with Crippen molar-refractivity contribution in [2.45, 2.75) is 53.4 Å². The molecule has 4 aromatic rings. The molecule has 0 spiro atoms. The molecule has 64 heavy (non-hydrogen) atoms. The molecule has 2 saturated heterocycles. The van der Waals surface area contributed by atoms with Gasteiger partial charge in [0.2, 0.25) is 0 Å². The van der Waals surface area contributed by atoms with E-state index in [1.807, 2.05) is 47.3 Å². The molecule has 6 rings (SSSR count). The van der Waals surface area contributed by atoms with Crippen LogP contribution in [0.25, 0.3) is 0 Å². The Balaban J connectivity index is 1.06. The normalized spacial score (nSPS) is 15.1. The summed E-state index contributed by atoms with van der Waals surface area (Å²) < 4.78 is 31.6. The average molecular weight is 883 g/mol. The smallest absolute Gasteiger partial charge is 0.270 e. The van der Waals surface area contributed by atoms with E-state index in [9.17, 15) is 34.6 Å². The molecule has 2 heterocycles. The van der Waals surface area contributed by atoms with Crippen molar-refractivity contribution in [3.63, 3.8) is 0 Å². The van der Waals surface area contributed by atoms with Gasteiger partial charge in [0.1, 0.15) is 17.4 Å².